The number of sulfonamides is 1. The third-order valence-electron chi connectivity index (χ3n) is 10.1. The number of benzene rings is 1. The van der Waals surface area contributed by atoms with Gasteiger partial charge in [0.05, 0.1) is 22.9 Å². The maximum Gasteiger partial charge on any atom is 0.415 e. The number of carbonyl (C=O) groups excluding carboxylic acids is 3. The highest BCUT2D eigenvalue weighted by Crippen LogP contribution is 2.35. The first-order valence-corrected chi connectivity index (χ1v) is 19.8. The van der Waals surface area contributed by atoms with Gasteiger partial charge in [-0.2, -0.15) is 0 Å². The standard InChI is InChI=1S/C34H45ClN4O6S2/c35-28-10-4-5-11-31(28)45-34(42)37-20-21-39(29(23-37)30(40)15-12-26-9-6-22-46-26)33(41)32(36-25-7-2-1-3-8-25)24-16-18-38(19-17-24)47(43,44)27-13-14-27/h4-6,9-11,22,24-25,27,29,32,36H,1-3,7-8,12-21,23H2/t29-,32+/m0/s1. The molecule has 1 N–H and O–H groups in total. The van der Waals surface area contributed by atoms with Crippen LogP contribution in [0.25, 0.3) is 0 Å². The summed E-state index contributed by atoms with van der Waals surface area (Å²) in [7, 11) is -3.27. The molecule has 2 aliphatic carbocycles. The lowest BCUT2D eigenvalue weighted by Crippen LogP contribution is -2.64. The molecule has 2 saturated carbocycles. The van der Waals surface area contributed by atoms with E-state index in [0.717, 1.165) is 43.4 Å². The molecule has 1 aromatic heterocycles. The fourth-order valence-corrected chi connectivity index (χ4v) is 9.95. The number of piperidine rings is 1. The summed E-state index contributed by atoms with van der Waals surface area (Å²) in [6.45, 7) is 1.27. The van der Waals surface area contributed by atoms with Crippen molar-refractivity contribution in [1.82, 2.24) is 19.4 Å². The summed E-state index contributed by atoms with van der Waals surface area (Å²) in [5.74, 6) is -0.0402. The van der Waals surface area contributed by atoms with Crippen LogP contribution in [0.15, 0.2) is 41.8 Å². The van der Waals surface area contributed by atoms with Crippen molar-refractivity contribution in [1.29, 1.82) is 0 Å². The highest BCUT2D eigenvalue weighted by molar-refractivity contribution is 7.90. The van der Waals surface area contributed by atoms with Crippen LogP contribution in [0.5, 0.6) is 5.75 Å². The quantitative estimate of drug-likeness (QED) is 0.346. The number of Topliss-reactive ketones (excluding diaryl/α,β-unsaturated/α-hetero) is 1. The van der Waals surface area contributed by atoms with E-state index in [4.69, 9.17) is 16.3 Å². The number of thiophene rings is 1. The molecule has 0 unspecified atom stereocenters. The second kappa shape index (κ2) is 15.4. The molecule has 47 heavy (non-hydrogen) atoms. The van der Waals surface area contributed by atoms with Gasteiger partial charge in [-0.3, -0.25) is 9.59 Å². The average Bonchev–Trinajstić information content (AvgIpc) is 3.83. The van der Waals surface area contributed by atoms with Crippen molar-refractivity contribution in [2.75, 3.05) is 32.7 Å². The number of amides is 2. The molecule has 6 rings (SSSR count). The Labute approximate surface area is 286 Å². The first-order chi connectivity index (χ1) is 22.7. The van der Waals surface area contributed by atoms with Crippen LogP contribution in [0.3, 0.4) is 0 Å². The number of para-hydroxylation sites is 1. The largest absolute Gasteiger partial charge is 0.415 e. The summed E-state index contributed by atoms with van der Waals surface area (Å²) in [5, 5.41) is 5.75. The molecule has 2 aliphatic heterocycles. The van der Waals surface area contributed by atoms with Gasteiger partial charge in [-0.1, -0.05) is 49.1 Å². The Hall–Kier alpha value is -2.51. The molecule has 2 aromatic rings. The predicted octanol–water partition coefficient (Wildman–Crippen LogP) is 5.11. The van der Waals surface area contributed by atoms with Gasteiger partial charge < -0.3 is 19.9 Å². The SMILES string of the molecule is O=C(CCc1cccs1)[C@@H]1CN(C(=O)Oc2ccccc2Cl)CCN1C(=O)[C@H](NC1CCCCC1)C1CCN(S(=O)(=O)C2CC2)CC1. The molecular weight excluding hydrogens is 660 g/mol. The Morgan fingerprint density at radius 1 is 0.936 bits per heavy atom. The van der Waals surface area contributed by atoms with E-state index in [-0.39, 0.29) is 60.7 Å². The fraction of sp³-hybridized carbons (Fsp3) is 0.618. The van der Waals surface area contributed by atoms with E-state index < -0.39 is 28.2 Å². The van der Waals surface area contributed by atoms with E-state index >= 15 is 0 Å². The minimum atomic E-state index is -3.27. The third-order valence-corrected chi connectivity index (χ3v) is 13.7. The smallest absolute Gasteiger partial charge is 0.409 e. The number of halogens is 1. The maximum absolute atomic E-state index is 14.7. The van der Waals surface area contributed by atoms with Crippen LogP contribution < -0.4 is 10.1 Å². The molecule has 4 aliphatic rings. The molecule has 3 heterocycles. The average molecular weight is 705 g/mol. The third kappa shape index (κ3) is 8.39. The van der Waals surface area contributed by atoms with Gasteiger partial charge in [0.25, 0.3) is 0 Å². The monoisotopic (exact) mass is 704 g/mol. The summed E-state index contributed by atoms with van der Waals surface area (Å²) in [6, 6.07) is 9.54. The van der Waals surface area contributed by atoms with Crippen molar-refractivity contribution in [3.05, 3.63) is 51.7 Å². The fourth-order valence-electron chi connectivity index (χ4n) is 7.19. The number of nitrogens with zero attached hydrogens (tertiary/aromatic N) is 3. The van der Waals surface area contributed by atoms with Crippen molar-refractivity contribution < 1.29 is 27.5 Å². The second-order valence-corrected chi connectivity index (χ2v) is 17.0. The van der Waals surface area contributed by atoms with Crippen molar-refractivity contribution in [3.8, 4) is 5.75 Å². The highest BCUT2D eigenvalue weighted by Gasteiger charge is 2.45. The number of hydrogen-bond donors (Lipinski definition) is 1. The van der Waals surface area contributed by atoms with E-state index in [1.807, 2.05) is 17.5 Å². The molecule has 0 bridgehead atoms. The lowest BCUT2D eigenvalue weighted by Gasteiger charge is -2.44. The predicted molar refractivity (Wildman–Crippen MR) is 182 cm³/mol. The van der Waals surface area contributed by atoms with E-state index in [1.54, 1.807) is 44.8 Å². The van der Waals surface area contributed by atoms with Crippen LogP contribution in [-0.2, 0) is 26.0 Å². The Morgan fingerprint density at radius 3 is 2.36 bits per heavy atom. The Bertz CT molecular complexity index is 1500. The van der Waals surface area contributed by atoms with E-state index in [1.165, 1.54) is 11.3 Å². The van der Waals surface area contributed by atoms with Crippen LogP contribution in [0.4, 0.5) is 4.79 Å². The second-order valence-electron chi connectivity index (χ2n) is 13.3. The lowest BCUT2D eigenvalue weighted by atomic mass is 9.86. The van der Waals surface area contributed by atoms with Gasteiger partial charge in [0.2, 0.25) is 15.9 Å². The van der Waals surface area contributed by atoms with Crippen LogP contribution >= 0.6 is 22.9 Å². The Morgan fingerprint density at radius 2 is 1.68 bits per heavy atom. The minimum absolute atomic E-state index is 0.0343. The lowest BCUT2D eigenvalue weighted by molar-refractivity contribution is -0.146. The van der Waals surface area contributed by atoms with Crippen LogP contribution in [0.2, 0.25) is 5.02 Å². The van der Waals surface area contributed by atoms with Gasteiger partial charge in [-0.15, -0.1) is 11.3 Å². The summed E-state index contributed by atoms with van der Waals surface area (Å²) < 4.78 is 33.1. The van der Waals surface area contributed by atoms with E-state index in [2.05, 4.69) is 5.32 Å². The molecule has 4 fully saturated rings. The Kier molecular flexibility index (Phi) is 11.2. The molecule has 2 amide bonds. The van der Waals surface area contributed by atoms with Gasteiger partial charge in [-0.25, -0.2) is 17.5 Å². The molecule has 2 atom stereocenters. The molecule has 256 valence electrons. The number of aryl methyl sites for hydroxylation is 1. The molecule has 0 radical (unpaired) electrons. The number of piperazine rings is 1. The van der Waals surface area contributed by atoms with Gasteiger partial charge in [0, 0.05) is 43.5 Å². The number of rotatable bonds is 11. The van der Waals surface area contributed by atoms with Gasteiger partial charge in [0.1, 0.15) is 6.04 Å². The van der Waals surface area contributed by atoms with Crippen LogP contribution in [0, 0.1) is 5.92 Å². The molecule has 0 spiro atoms. The van der Waals surface area contributed by atoms with Crippen molar-refractivity contribution in [2.45, 2.75) is 94.0 Å². The van der Waals surface area contributed by atoms with Gasteiger partial charge in [-0.05, 0) is 74.4 Å². The number of ketones is 1. The zero-order valence-electron chi connectivity index (χ0n) is 26.7. The molecular formula is C34H45ClN4O6S2. The van der Waals surface area contributed by atoms with Crippen molar-refractivity contribution in [3.63, 3.8) is 0 Å². The number of carbonyl (C=O) groups is 3. The number of ether oxygens (including phenoxy) is 1. The maximum atomic E-state index is 14.7. The summed E-state index contributed by atoms with van der Waals surface area (Å²) in [6.07, 6.45) is 8.21. The van der Waals surface area contributed by atoms with Crippen molar-refractivity contribution >= 4 is 50.7 Å². The Balaban J connectivity index is 1.20. The summed E-state index contributed by atoms with van der Waals surface area (Å²) in [5.41, 5.74) is 0. The van der Waals surface area contributed by atoms with E-state index in [0.29, 0.717) is 37.4 Å². The zero-order chi connectivity index (χ0) is 33.0. The van der Waals surface area contributed by atoms with Crippen LogP contribution in [0.1, 0.15) is 69.1 Å². The van der Waals surface area contributed by atoms with Crippen LogP contribution in [-0.4, -0.2) is 96.4 Å². The van der Waals surface area contributed by atoms with Gasteiger partial charge >= 0.3 is 6.09 Å². The summed E-state index contributed by atoms with van der Waals surface area (Å²) in [4.78, 5) is 46.1. The topological polar surface area (TPSA) is 116 Å². The molecule has 1 aromatic carbocycles. The molecule has 13 heteroatoms. The van der Waals surface area contributed by atoms with Crippen molar-refractivity contribution in [2.24, 2.45) is 5.92 Å². The summed E-state index contributed by atoms with van der Waals surface area (Å²) >= 11 is 7.83. The normalized spacial score (nSPS) is 22.6. The molecule has 2 saturated heterocycles. The number of nitrogens with one attached hydrogen (secondary N) is 1. The van der Waals surface area contributed by atoms with E-state index in [9.17, 15) is 22.8 Å². The highest BCUT2D eigenvalue weighted by atomic mass is 35.5. The first-order valence-electron chi connectivity index (χ1n) is 17.0. The zero-order valence-corrected chi connectivity index (χ0v) is 29.1. The van der Waals surface area contributed by atoms with Gasteiger partial charge in [0.15, 0.2) is 11.5 Å². The first kappa shape index (κ1) is 34.4. The number of hydrogen-bond acceptors (Lipinski definition) is 8. The minimum Gasteiger partial charge on any atom is -0.409 e. The molecule has 10 nitrogen and oxygen atoms in total.